The zero-order chi connectivity index (χ0) is 17.5. The normalized spacial score (nSPS) is 18.8. The molecule has 0 unspecified atom stereocenters. The molecule has 26 heavy (non-hydrogen) atoms. The Morgan fingerprint density at radius 1 is 1.27 bits per heavy atom. The highest BCUT2D eigenvalue weighted by Gasteiger charge is 2.30. The maximum absolute atomic E-state index is 12.3. The van der Waals surface area contributed by atoms with Gasteiger partial charge in [-0.05, 0) is 24.3 Å². The van der Waals surface area contributed by atoms with Crippen molar-refractivity contribution in [2.24, 2.45) is 10.9 Å². The molecular formula is C18H30IN5OS. The number of guanidine groups is 1. The van der Waals surface area contributed by atoms with Crippen LogP contribution in [-0.2, 0) is 11.3 Å². The minimum atomic E-state index is 0. The molecule has 1 aromatic heterocycles. The molecule has 0 spiro atoms. The van der Waals surface area contributed by atoms with Gasteiger partial charge in [0.25, 0.3) is 0 Å². The maximum atomic E-state index is 12.3. The van der Waals surface area contributed by atoms with Gasteiger partial charge in [-0.3, -0.25) is 14.7 Å². The lowest BCUT2D eigenvalue weighted by atomic mass is 9.84. The second kappa shape index (κ2) is 11.1. The van der Waals surface area contributed by atoms with Gasteiger partial charge in [0.2, 0.25) is 5.91 Å². The minimum absolute atomic E-state index is 0. The number of piperazine rings is 1. The molecule has 1 amide bonds. The van der Waals surface area contributed by atoms with Crippen LogP contribution in [0.2, 0.25) is 0 Å². The SMILES string of the molecule is CN=C(NCCN1CCN(C(=O)C2CCC2)CC1)NCc1cccs1.I. The van der Waals surface area contributed by atoms with E-state index < -0.39 is 0 Å². The number of thiophene rings is 1. The lowest BCUT2D eigenvalue weighted by molar-refractivity contribution is -0.139. The second-order valence-electron chi connectivity index (χ2n) is 6.73. The van der Waals surface area contributed by atoms with E-state index in [9.17, 15) is 4.79 Å². The van der Waals surface area contributed by atoms with Crippen molar-refractivity contribution < 1.29 is 4.79 Å². The topological polar surface area (TPSA) is 60.0 Å². The first-order valence-electron chi connectivity index (χ1n) is 9.24. The Morgan fingerprint density at radius 2 is 2.04 bits per heavy atom. The number of halogens is 1. The number of hydrogen-bond acceptors (Lipinski definition) is 4. The average Bonchev–Trinajstić information content (AvgIpc) is 3.10. The van der Waals surface area contributed by atoms with Crippen molar-refractivity contribution >= 4 is 47.2 Å². The fourth-order valence-electron chi connectivity index (χ4n) is 3.24. The highest BCUT2D eigenvalue weighted by Crippen LogP contribution is 2.28. The van der Waals surface area contributed by atoms with E-state index in [1.54, 1.807) is 18.4 Å². The Balaban J connectivity index is 0.00000243. The smallest absolute Gasteiger partial charge is 0.225 e. The van der Waals surface area contributed by atoms with Crippen LogP contribution < -0.4 is 10.6 Å². The summed E-state index contributed by atoms with van der Waals surface area (Å²) in [5.41, 5.74) is 0. The molecule has 1 aliphatic carbocycles. The highest BCUT2D eigenvalue weighted by atomic mass is 127. The molecular weight excluding hydrogens is 461 g/mol. The molecule has 1 aromatic rings. The van der Waals surface area contributed by atoms with Crippen LogP contribution in [0, 0.1) is 5.92 Å². The van der Waals surface area contributed by atoms with Gasteiger partial charge in [0.15, 0.2) is 5.96 Å². The van der Waals surface area contributed by atoms with E-state index in [1.807, 2.05) is 0 Å². The van der Waals surface area contributed by atoms with E-state index >= 15 is 0 Å². The standard InChI is InChI=1S/C18H29N5OS.HI/c1-19-18(21-14-16-6-3-13-25-16)20-7-8-22-9-11-23(12-10-22)17(24)15-4-2-5-15;/h3,6,13,15H,2,4-5,7-12,14H2,1H3,(H2,19,20,21);1H. The molecule has 0 atom stereocenters. The van der Waals surface area contributed by atoms with E-state index in [0.29, 0.717) is 11.8 Å². The third-order valence-electron chi connectivity index (χ3n) is 5.09. The summed E-state index contributed by atoms with van der Waals surface area (Å²) >= 11 is 1.75. The van der Waals surface area contributed by atoms with Crippen molar-refractivity contribution in [1.29, 1.82) is 0 Å². The number of amides is 1. The quantitative estimate of drug-likeness (QED) is 0.363. The lowest BCUT2D eigenvalue weighted by Gasteiger charge is -2.38. The Hall–Kier alpha value is -0.870. The molecule has 1 saturated heterocycles. The maximum Gasteiger partial charge on any atom is 0.225 e. The van der Waals surface area contributed by atoms with Crippen molar-refractivity contribution in [3.63, 3.8) is 0 Å². The van der Waals surface area contributed by atoms with Gasteiger partial charge in [0, 0.05) is 57.1 Å². The van der Waals surface area contributed by atoms with Crippen LogP contribution in [0.25, 0.3) is 0 Å². The van der Waals surface area contributed by atoms with Crippen LogP contribution in [0.4, 0.5) is 0 Å². The van der Waals surface area contributed by atoms with E-state index in [2.05, 4.69) is 42.9 Å². The largest absolute Gasteiger partial charge is 0.355 e. The van der Waals surface area contributed by atoms with Crippen molar-refractivity contribution in [2.45, 2.75) is 25.8 Å². The van der Waals surface area contributed by atoms with Gasteiger partial charge in [0.1, 0.15) is 0 Å². The van der Waals surface area contributed by atoms with Gasteiger partial charge in [0.05, 0.1) is 6.54 Å². The molecule has 0 aromatic carbocycles. The van der Waals surface area contributed by atoms with E-state index in [0.717, 1.165) is 64.6 Å². The van der Waals surface area contributed by atoms with Gasteiger partial charge in [-0.2, -0.15) is 0 Å². The van der Waals surface area contributed by atoms with Crippen LogP contribution in [0.5, 0.6) is 0 Å². The molecule has 146 valence electrons. The molecule has 1 aliphatic heterocycles. The lowest BCUT2D eigenvalue weighted by Crippen LogP contribution is -2.52. The van der Waals surface area contributed by atoms with E-state index in [1.165, 1.54) is 11.3 Å². The fourth-order valence-corrected chi connectivity index (χ4v) is 3.89. The first-order valence-corrected chi connectivity index (χ1v) is 10.1. The predicted molar refractivity (Wildman–Crippen MR) is 118 cm³/mol. The van der Waals surface area contributed by atoms with Crippen molar-refractivity contribution in [3.8, 4) is 0 Å². The van der Waals surface area contributed by atoms with Crippen LogP contribution in [-0.4, -0.2) is 68.0 Å². The average molecular weight is 491 g/mol. The van der Waals surface area contributed by atoms with Crippen molar-refractivity contribution in [1.82, 2.24) is 20.4 Å². The van der Waals surface area contributed by atoms with E-state index in [-0.39, 0.29) is 24.0 Å². The molecule has 0 bridgehead atoms. The number of hydrogen-bond donors (Lipinski definition) is 2. The summed E-state index contributed by atoms with van der Waals surface area (Å²) < 4.78 is 0. The number of nitrogens with zero attached hydrogens (tertiary/aromatic N) is 3. The zero-order valence-electron chi connectivity index (χ0n) is 15.4. The molecule has 6 nitrogen and oxygen atoms in total. The Labute approximate surface area is 177 Å². The third kappa shape index (κ3) is 6.09. The molecule has 0 radical (unpaired) electrons. The number of aliphatic imine (C=N–C) groups is 1. The Morgan fingerprint density at radius 3 is 2.62 bits per heavy atom. The molecule has 2 fully saturated rings. The van der Waals surface area contributed by atoms with Gasteiger partial charge in [-0.15, -0.1) is 35.3 Å². The van der Waals surface area contributed by atoms with Gasteiger partial charge in [-0.25, -0.2) is 0 Å². The summed E-state index contributed by atoms with van der Waals surface area (Å²) in [7, 11) is 1.80. The zero-order valence-corrected chi connectivity index (χ0v) is 18.6. The second-order valence-corrected chi connectivity index (χ2v) is 7.76. The summed E-state index contributed by atoms with van der Waals surface area (Å²) in [5.74, 6) is 1.56. The molecule has 2 aliphatic rings. The van der Waals surface area contributed by atoms with Crippen LogP contribution in [0.15, 0.2) is 22.5 Å². The predicted octanol–water partition coefficient (Wildman–Crippen LogP) is 1.98. The Kier molecular flexibility index (Phi) is 9.13. The van der Waals surface area contributed by atoms with Crippen molar-refractivity contribution in [3.05, 3.63) is 22.4 Å². The highest BCUT2D eigenvalue weighted by molar-refractivity contribution is 14.0. The molecule has 8 heteroatoms. The summed E-state index contributed by atoms with van der Waals surface area (Å²) in [6.07, 6.45) is 3.42. The van der Waals surface area contributed by atoms with Gasteiger partial charge < -0.3 is 15.5 Å². The van der Waals surface area contributed by atoms with Gasteiger partial charge >= 0.3 is 0 Å². The molecule has 3 rings (SSSR count). The summed E-state index contributed by atoms with van der Waals surface area (Å²) in [6, 6.07) is 4.18. The minimum Gasteiger partial charge on any atom is -0.355 e. The first kappa shape index (κ1) is 21.4. The number of carbonyl (C=O) groups is 1. The number of rotatable bonds is 6. The summed E-state index contributed by atoms with van der Waals surface area (Å²) in [6.45, 7) is 6.34. The molecule has 2 N–H and O–H groups in total. The number of carbonyl (C=O) groups excluding carboxylic acids is 1. The van der Waals surface area contributed by atoms with Crippen LogP contribution >= 0.6 is 35.3 Å². The third-order valence-corrected chi connectivity index (χ3v) is 5.97. The van der Waals surface area contributed by atoms with Crippen LogP contribution in [0.1, 0.15) is 24.1 Å². The first-order chi connectivity index (χ1) is 12.3. The van der Waals surface area contributed by atoms with Gasteiger partial charge in [-0.1, -0.05) is 12.5 Å². The molecule has 1 saturated carbocycles. The fraction of sp³-hybridized carbons (Fsp3) is 0.667. The van der Waals surface area contributed by atoms with Crippen LogP contribution in [0.3, 0.4) is 0 Å². The summed E-state index contributed by atoms with van der Waals surface area (Å²) in [5, 5.41) is 8.79. The summed E-state index contributed by atoms with van der Waals surface area (Å²) in [4.78, 5) is 22.3. The monoisotopic (exact) mass is 491 g/mol. The molecule has 2 heterocycles. The Bertz CT molecular complexity index is 568. The van der Waals surface area contributed by atoms with Crippen molar-refractivity contribution in [2.75, 3.05) is 46.3 Å². The van der Waals surface area contributed by atoms with E-state index in [4.69, 9.17) is 0 Å². The number of nitrogens with one attached hydrogen (secondary N) is 2.